The monoisotopic (exact) mass is 460 g/mol. The average molecular weight is 461 g/mol. The summed E-state index contributed by atoms with van der Waals surface area (Å²) in [5.41, 5.74) is 0. The number of hydrogen-bond donors (Lipinski definition) is 1. The fraction of sp³-hybridized carbons (Fsp3) is 0.579. The molecule has 1 fully saturated rings. The molecule has 2 amide bonds. The zero-order valence-corrected chi connectivity index (χ0v) is 18.9. The van der Waals surface area contributed by atoms with Gasteiger partial charge in [-0.25, -0.2) is 8.42 Å². The van der Waals surface area contributed by atoms with Crippen LogP contribution >= 0.6 is 11.6 Å². The Bertz CT molecular complexity index is 811. The number of sulfonamides is 1. The molecule has 30 heavy (non-hydrogen) atoms. The SMILES string of the molecule is COCCCNC(=O)CN(C)CC(=O)N1CCN(S(=O)(=O)c2ccc(Cl)cc2)CC1. The molecule has 0 bridgehead atoms. The molecule has 1 aliphatic heterocycles. The van der Waals surface area contributed by atoms with Crippen molar-refractivity contribution < 1.29 is 22.7 Å². The van der Waals surface area contributed by atoms with Crippen LogP contribution < -0.4 is 5.32 Å². The third-order valence-corrected chi connectivity index (χ3v) is 6.87. The topological polar surface area (TPSA) is 99.3 Å². The van der Waals surface area contributed by atoms with Crippen molar-refractivity contribution in [2.75, 3.05) is 66.6 Å². The Morgan fingerprint density at radius 2 is 1.77 bits per heavy atom. The molecule has 1 aromatic rings. The minimum Gasteiger partial charge on any atom is -0.385 e. The summed E-state index contributed by atoms with van der Waals surface area (Å²) in [4.78, 5) is 27.8. The number of rotatable bonds is 10. The van der Waals surface area contributed by atoms with Crippen molar-refractivity contribution in [2.45, 2.75) is 11.3 Å². The molecule has 0 aliphatic carbocycles. The Balaban J connectivity index is 1.78. The molecule has 168 valence electrons. The molecule has 0 atom stereocenters. The summed E-state index contributed by atoms with van der Waals surface area (Å²) in [6.07, 6.45) is 0.730. The second-order valence-corrected chi connectivity index (χ2v) is 9.48. The molecule has 1 N–H and O–H groups in total. The quantitative estimate of drug-likeness (QED) is 0.503. The molecular weight excluding hydrogens is 432 g/mol. The predicted octanol–water partition coefficient (Wildman–Crippen LogP) is 0.257. The highest BCUT2D eigenvalue weighted by Gasteiger charge is 2.30. The minimum absolute atomic E-state index is 0.0927. The molecule has 1 saturated heterocycles. The molecule has 0 aromatic heterocycles. The van der Waals surface area contributed by atoms with E-state index in [4.69, 9.17) is 16.3 Å². The van der Waals surface area contributed by atoms with Gasteiger partial charge in [0, 0.05) is 51.5 Å². The van der Waals surface area contributed by atoms with Crippen LogP contribution in [0.25, 0.3) is 0 Å². The highest BCUT2D eigenvalue weighted by Crippen LogP contribution is 2.19. The highest BCUT2D eigenvalue weighted by atomic mass is 35.5. The van der Waals surface area contributed by atoms with E-state index < -0.39 is 10.0 Å². The van der Waals surface area contributed by atoms with Gasteiger partial charge in [0.25, 0.3) is 0 Å². The number of benzene rings is 1. The van der Waals surface area contributed by atoms with E-state index in [9.17, 15) is 18.0 Å². The van der Waals surface area contributed by atoms with Crippen LogP contribution in [0, 0.1) is 0 Å². The lowest BCUT2D eigenvalue weighted by atomic mass is 10.3. The molecule has 2 rings (SSSR count). The average Bonchev–Trinajstić information content (AvgIpc) is 2.71. The molecule has 9 nitrogen and oxygen atoms in total. The minimum atomic E-state index is -3.62. The normalized spacial score (nSPS) is 15.4. The van der Waals surface area contributed by atoms with Crippen LogP contribution in [0.3, 0.4) is 0 Å². The van der Waals surface area contributed by atoms with Gasteiger partial charge in [-0.05, 0) is 37.7 Å². The van der Waals surface area contributed by atoms with Gasteiger partial charge in [-0.15, -0.1) is 0 Å². The fourth-order valence-electron chi connectivity index (χ4n) is 3.07. The van der Waals surface area contributed by atoms with Gasteiger partial charge in [-0.3, -0.25) is 14.5 Å². The van der Waals surface area contributed by atoms with E-state index in [1.54, 1.807) is 24.0 Å². The zero-order valence-electron chi connectivity index (χ0n) is 17.3. The zero-order chi connectivity index (χ0) is 22.1. The van der Waals surface area contributed by atoms with E-state index in [0.717, 1.165) is 6.42 Å². The fourth-order valence-corrected chi connectivity index (χ4v) is 4.61. The van der Waals surface area contributed by atoms with Crippen LogP contribution in [-0.2, 0) is 24.3 Å². The van der Waals surface area contributed by atoms with Crippen molar-refractivity contribution in [3.05, 3.63) is 29.3 Å². The summed E-state index contributed by atoms with van der Waals surface area (Å²) in [6, 6.07) is 6.03. The van der Waals surface area contributed by atoms with E-state index in [1.807, 2.05) is 0 Å². The summed E-state index contributed by atoms with van der Waals surface area (Å²) in [6.45, 7) is 2.37. The van der Waals surface area contributed by atoms with Crippen LogP contribution in [0.5, 0.6) is 0 Å². The van der Waals surface area contributed by atoms with Gasteiger partial charge < -0.3 is 15.0 Å². The number of methoxy groups -OCH3 is 1. The number of nitrogens with zero attached hydrogens (tertiary/aromatic N) is 3. The Kier molecular flexibility index (Phi) is 9.50. The Morgan fingerprint density at radius 3 is 2.37 bits per heavy atom. The molecule has 0 spiro atoms. The molecule has 0 radical (unpaired) electrons. The van der Waals surface area contributed by atoms with E-state index in [2.05, 4.69) is 5.32 Å². The number of hydrogen-bond acceptors (Lipinski definition) is 6. The molecule has 11 heteroatoms. The maximum absolute atomic E-state index is 12.7. The summed E-state index contributed by atoms with van der Waals surface area (Å²) in [5.74, 6) is -0.284. The van der Waals surface area contributed by atoms with Crippen LogP contribution in [0.4, 0.5) is 0 Å². The Hall–Kier alpha value is -1.72. The van der Waals surface area contributed by atoms with Crippen molar-refractivity contribution in [1.29, 1.82) is 0 Å². The number of likely N-dealkylation sites (N-methyl/N-ethyl adjacent to an activating group) is 1. The van der Waals surface area contributed by atoms with Gasteiger partial charge in [-0.1, -0.05) is 11.6 Å². The molecule has 1 heterocycles. The third kappa shape index (κ3) is 7.21. The van der Waals surface area contributed by atoms with Gasteiger partial charge in [0.15, 0.2) is 0 Å². The number of piperazine rings is 1. The molecular formula is C19H29ClN4O5S. The van der Waals surface area contributed by atoms with Gasteiger partial charge in [0.05, 0.1) is 18.0 Å². The van der Waals surface area contributed by atoms with Crippen LogP contribution in [0.15, 0.2) is 29.2 Å². The maximum Gasteiger partial charge on any atom is 0.243 e. The molecule has 0 unspecified atom stereocenters. The van der Waals surface area contributed by atoms with E-state index >= 15 is 0 Å². The lowest BCUT2D eigenvalue weighted by Gasteiger charge is -2.34. The predicted molar refractivity (Wildman–Crippen MR) is 114 cm³/mol. The van der Waals surface area contributed by atoms with Gasteiger partial charge >= 0.3 is 0 Å². The lowest BCUT2D eigenvalue weighted by molar-refractivity contribution is -0.133. The van der Waals surface area contributed by atoms with Crippen LogP contribution in [-0.4, -0.2) is 101 Å². The van der Waals surface area contributed by atoms with Crippen molar-refractivity contribution >= 4 is 33.4 Å². The summed E-state index contributed by atoms with van der Waals surface area (Å²) in [5, 5.41) is 3.25. The number of ether oxygens (including phenoxy) is 1. The second kappa shape index (κ2) is 11.6. The Labute approximate surface area is 182 Å². The number of halogens is 1. The number of nitrogens with one attached hydrogen (secondary N) is 1. The standard InChI is InChI=1S/C19H29ClN4O5S/c1-22(14-18(25)21-8-3-13-29-2)15-19(26)23-9-11-24(12-10-23)30(27,28)17-6-4-16(20)5-7-17/h4-7H,3,8-15H2,1-2H3,(H,21,25). The molecule has 0 saturated carbocycles. The van der Waals surface area contributed by atoms with Crippen molar-refractivity contribution in [3.8, 4) is 0 Å². The first-order valence-electron chi connectivity index (χ1n) is 9.71. The largest absolute Gasteiger partial charge is 0.385 e. The van der Waals surface area contributed by atoms with Crippen molar-refractivity contribution in [3.63, 3.8) is 0 Å². The van der Waals surface area contributed by atoms with E-state index in [-0.39, 0.29) is 42.9 Å². The van der Waals surface area contributed by atoms with Crippen LogP contribution in [0.1, 0.15) is 6.42 Å². The first-order chi connectivity index (χ1) is 14.2. The maximum atomic E-state index is 12.7. The first-order valence-corrected chi connectivity index (χ1v) is 11.5. The molecule has 1 aliphatic rings. The highest BCUT2D eigenvalue weighted by molar-refractivity contribution is 7.89. The number of amides is 2. The number of carbonyl (C=O) groups excluding carboxylic acids is 2. The van der Waals surface area contributed by atoms with Crippen molar-refractivity contribution in [2.24, 2.45) is 0 Å². The summed E-state index contributed by atoms with van der Waals surface area (Å²) < 4.78 is 31.7. The summed E-state index contributed by atoms with van der Waals surface area (Å²) in [7, 11) is -0.308. The first kappa shape index (κ1) is 24.5. The van der Waals surface area contributed by atoms with Gasteiger partial charge in [0.2, 0.25) is 21.8 Å². The smallest absolute Gasteiger partial charge is 0.243 e. The number of carbonyl (C=O) groups is 2. The van der Waals surface area contributed by atoms with E-state index in [0.29, 0.717) is 31.3 Å². The van der Waals surface area contributed by atoms with Gasteiger partial charge in [-0.2, -0.15) is 4.31 Å². The van der Waals surface area contributed by atoms with Crippen LogP contribution in [0.2, 0.25) is 5.02 Å². The van der Waals surface area contributed by atoms with Crippen molar-refractivity contribution in [1.82, 2.24) is 19.4 Å². The van der Waals surface area contributed by atoms with E-state index in [1.165, 1.54) is 28.6 Å². The third-order valence-electron chi connectivity index (χ3n) is 4.71. The van der Waals surface area contributed by atoms with Gasteiger partial charge in [0.1, 0.15) is 0 Å². The second-order valence-electron chi connectivity index (χ2n) is 7.11. The summed E-state index contributed by atoms with van der Waals surface area (Å²) >= 11 is 5.83. The molecule has 1 aromatic carbocycles. The lowest BCUT2D eigenvalue weighted by Crippen LogP contribution is -2.52. The Morgan fingerprint density at radius 1 is 1.13 bits per heavy atom.